The topological polar surface area (TPSA) is 48.5 Å². The molecule has 3 rings (SSSR count). The number of thiazole rings is 1. The van der Waals surface area contributed by atoms with Gasteiger partial charge in [0.25, 0.3) is 0 Å². The van der Waals surface area contributed by atoms with Crippen LogP contribution in [-0.2, 0) is 19.5 Å². The summed E-state index contributed by atoms with van der Waals surface area (Å²) in [5.74, 6) is 1.59. The Morgan fingerprint density at radius 2 is 2.10 bits per heavy atom. The van der Waals surface area contributed by atoms with Crippen molar-refractivity contribution in [2.75, 3.05) is 5.88 Å². The van der Waals surface area contributed by atoms with Crippen molar-refractivity contribution in [3.63, 3.8) is 0 Å². The van der Waals surface area contributed by atoms with E-state index in [2.05, 4.69) is 21.6 Å². The van der Waals surface area contributed by atoms with E-state index in [0.717, 1.165) is 47.9 Å². The predicted molar refractivity (Wildman–Crippen MR) is 86.3 cm³/mol. The lowest BCUT2D eigenvalue weighted by Gasteiger charge is -2.09. The zero-order valence-electron chi connectivity index (χ0n) is 12.4. The van der Waals surface area contributed by atoms with E-state index in [1.807, 2.05) is 24.0 Å². The highest BCUT2D eigenvalue weighted by Crippen LogP contribution is 2.23. The fourth-order valence-corrected chi connectivity index (χ4v) is 3.49. The van der Waals surface area contributed by atoms with Crippen molar-refractivity contribution in [3.05, 3.63) is 27.6 Å². The first-order chi connectivity index (χ1) is 10.2. The predicted octanol–water partition coefficient (Wildman–Crippen LogP) is 3.16. The first kappa shape index (κ1) is 14.5. The highest BCUT2D eigenvalue weighted by molar-refractivity contribution is 7.09. The van der Waals surface area contributed by atoms with Crippen molar-refractivity contribution in [2.45, 2.75) is 40.3 Å². The van der Waals surface area contributed by atoms with Crippen LogP contribution in [0.25, 0.3) is 11.2 Å². The van der Waals surface area contributed by atoms with Crippen LogP contribution >= 0.6 is 22.9 Å². The number of nitrogens with zero attached hydrogens (tertiary/aromatic N) is 5. The zero-order valence-corrected chi connectivity index (χ0v) is 14.0. The monoisotopic (exact) mass is 323 g/mol. The van der Waals surface area contributed by atoms with E-state index in [9.17, 15) is 0 Å². The summed E-state index contributed by atoms with van der Waals surface area (Å²) in [6, 6.07) is 0. The van der Waals surface area contributed by atoms with Crippen molar-refractivity contribution in [2.24, 2.45) is 0 Å². The summed E-state index contributed by atoms with van der Waals surface area (Å²) < 4.78 is 4.26. The number of hydrogen-bond donors (Lipinski definition) is 0. The van der Waals surface area contributed by atoms with Gasteiger partial charge in [-0.05, 0) is 20.8 Å². The second kappa shape index (κ2) is 5.77. The quantitative estimate of drug-likeness (QED) is 0.678. The van der Waals surface area contributed by atoms with Gasteiger partial charge in [0.15, 0.2) is 5.65 Å². The van der Waals surface area contributed by atoms with Gasteiger partial charge in [0.05, 0.1) is 23.4 Å². The van der Waals surface area contributed by atoms with Crippen LogP contribution in [0.2, 0.25) is 0 Å². The average molecular weight is 324 g/mol. The molecule has 0 aliphatic carbocycles. The van der Waals surface area contributed by atoms with Gasteiger partial charge in [0, 0.05) is 23.7 Å². The van der Waals surface area contributed by atoms with E-state index in [1.165, 1.54) is 4.88 Å². The van der Waals surface area contributed by atoms with E-state index >= 15 is 0 Å². The Kier molecular flexibility index (Phi) is 3.99. The van der Waals surface area contributed by atoms with Crippen molar-refractivity contribution < 1.29 is 0 Å². The van der Waals surface area contributed by atoms with E-state index in [0.29, 0.717) is 5.88 Å². The Morgan fingerprint density at radius 3 is 2.71 bits per heavy atom. The molecule has 0 radical (unpaired) electrons. The van der Waals surface area contributed by atoms with Gasteiger partial charge in [0.1, 0.15) is 11.3 Å². The molecule has 0 aliphatic heterocycles. The standard InChI is InChI=1S/C14H18ClN5S/c1-4-20-14-13(10(3)18-20)17-12(5-6-15)19(14)7-11-9(2)16-8-21-11/h8H,4-7H2,1-3H3. The molecule has 0 amide bonds. The summed E-state index contributed by atoms with van der Waals surface area (Å²) >= 11 is 7.62. The number of alkyl halides is 1. The largest absolute Gasteiger partial charge is 0.307 e. The maximum absolute atomic E-state index is 5.94. The molecule has 21 heavy (non-hydrogen) atoms. The summed E-state index contributed by atoms with van der Waals surface area (Å²) in [7, 11) is 0. The first-order valence-corrected chi connectivity index (χ1v) is 8.44. The van der Waals surface area contributed by atoms with Gasteiger partial charge < -0.3 is 4.57 Å². The van der Waals surface area contributed by atoms with Crippen LogP contribution in [0.3, 0.4) is 0 Å². The summed E-state index contributed by atoms with van der Waals surface area (Å²) in [6.07, 6.45) is 0.761. The summed E-state index contributed by atoms with van der Waals surface area (Å²) in [5, 5.41) is 4.57. The minimum atomic E-state index is 0.569. The molecular formula is C14H18ClN5S. The molecule has 0 N–H and O–H groups in total. The molecule has 0 bridgehead atoms. The van der Waals surface area contributed by atoms with Crippen LogP contribution in [0.4, 0.5) is 0 Å². The van der Waals surface area contributed by atoms with Crippen molar-refractivity contribution >= 4 is 34.1 Å². The molecule has 3 aromatic heterocycles. The van der Waals surface area contributed by atoms with Gasteiger partial charge in [-0.25, -0.2) is 14.6 Å². The number of fused-ring (bicyclic) bond motifs is 1. The lowest BCUT2D eigenvalue weighted by atomic mass is 10.3. The van der Waals surface area contributed by atoms with E-state index < -0.39 is 0 Å². The Hall–Kier alpha value is -1.40. The molecule has 3 heterocycles. The third-order valence-electron chi connectivity index (χ3n) is 3.64. The number of imidazole rings is 1. The Bertz CT molecular complexity index is 770. The highest BCUT2D eigenvalue weighted by Gasteiger charge is 2.19. The van der Waals surface area contributed by atoms with Gasteiger partial charge in [-0.15, -0.1) is 22.9 Å². The maximum atomic E-state index is 5.94. The second-order valence-corrected chi connectivity index (χ2v) is 6.30. The molecule has 0 saturated heterocycles. The summed E-state index contributed by atoms with van der Waals surface area (Å²) in [6.45, 7) is 7.77. The third kappa shape index (κ3) is 2.46. The van der Waals surface area contributed by atoms with Crippen molar-refractivity contribution in [1.29, 1.82) is 0 Å². The number of aryl methyl sites for hydroxylation is 4. The lowest BCUT2D eigenvalue weighted by Crippen LogP contribution is -2.10. The Balaban J connectivity index is 2.17. The molecule has 0 unspecified atom stereocenters. The number of halogens is 1. The second-order valence-electron chi connectivity index (χ2n) is 4.99. The minimum absolute atomic E-state index is 0.569. The highest BCUT2D eigenvalue weighted by atomic mass is 35.5. The molecule has 0 spiro atoms. The molecule has 0 saturated carbocycles. The summed E-state index contributed by atoms with van der Waals surface area (Å²) in [4.78, 5) is 10.4. The smallest absolute Gasteiger partial charge is 0.159 e. The van der Waals surface area contributed by atoms with Gasteiger partial charge >= 0.3 is 0 Å². The van der Waals surface area contributed by atoms with Gasteiger partial charge in [-0.2, -0.15) is 5.10 Å². The molecule has 7 heteroatoms. The normalized spacial score (nSPS) is 11.6. The average Bonchev–Trinajstić information content (AvgIpc) is 3.10. The van der Waals surface area contributed by atoms with Gasteiger partial charge in [-0.1, -0.05) is 0 Å². The fourth-order valence-electron chi connectivity index (χ4n) is 2.55. The maximum Gasteiger partial charge on any atom is 0.159 e. The van der Waals surface area contributed by atoms with Crippen LogP contribution in [0.15, 0.2) is 5.51 Å². The molecular weight excluding hydrogens is 306 g/mol. The minimum Gasteiger partial charge on any atom is -0.307 e. The van der Waals surface area contributed by atoms with E-state index in [1.54, 1.807) is 11.3 Å². The molecule has 5 nitrogen and oxygen atoms in total. The molecule has 0 aromatic carbocycles. The molecule has 0 aliphatic rings. The number of hydrogen-bond acceptors (Lipinski definition) is 4. The third-order valence-corrected chi connectivity index (χ3v) is 4.75. The number of rotatable bonds is 5. The summed E-state index contributed by atoms with van der Waals surface area (Å²) in [5.41, 5.74) is 6.02. The van der Waals surface area contributed by atoms with Crippen LogP contribution < -0.4 is 0 Å². The van der Waals surface area contributed by atoms with Crippen LogP contribution in [0, 0.1) is 13.8 Å². The van der Waals surface area contributed by atoms with Crippen LogP contribution in [-0.4, -0.2) is 30.2 Å². The zero-order chi connectivity index (χ0) is 15.0. The lowest BCUT2D eigenvalue weighted by molar-refractivity contribution is 0.636. The molecule has 0 atom stereocenters. The van der Waals surface area contributed by atoms with E-state index in [4.69, 9.17) is 16.6 Å². The van der Waals surface area contributed by atoms with Crippen LogP contribution in [0.1, 0.15) is 29.0 Å². The SMILES string of the molecule is CCn1nc(C)c2nc(CCCl)n(Cc3scnc3C)c21. The van der Waals surface area contributed by atoms with Crippen LogP contribution in [0.5, 0.6) is 0 Å². The molecule has 0 fully saturated rings. The van der Waals surface area contributed by atoms with E-state index in [-0.39, 0.29) is 0 Å². The van der Waals surface area contributed by atoms with Gasteiger partial charge in [-0.3, -0.25) is 0 Å². The number of aromatic nitrogens is 5. The molecule has 3 aromatic rings. The molecule has 112 valence electrons. The Morgan fingerprint density at radius 1 is 1.29 bits per heavy atom. The Labute approximate surface area is 132 Å². The fraction of sp³-hybridized carbons (Fsp3) is 0.500. The van der Waals surface area contributed by atoms with Gasteiger partial charge in [0.2, 0.25) is 0 Å². The first-order valence-electron chi connectivity index (χ1n) is 7.03. The van der Waals surface area contributed by atoms with Crippen molar-refractivity contribution in [3.8, 4) is 0 Å². The van der Waals surface area contributed by atoms with Crippen molar-refractivity contribution in [1.82, 2.24) is 24.3 Å².